The highest BCUT2D eigenvalue weighted by Crippen LogP contribution is 2.30. The number of benzene rings is 1. The molecule has 0 saturated carbocycles. The number of amides is 3. The molecule has 1 unspecified atom stereocenters. The zero-order chi connectivity index (χ0) is 21.1. The Balaban J connectivity index is 0.000000582. The molecule has 2 heterocycles. The van der Waals surface area contributed by atoms with Crippen molar-refractivity contribution in [3.05, 3.63) is 42.0 Å². The summed E-state index contributed by atoms with van der Waals surface area (Å²) in [6.07, 6.45) is 4.21. The summed E-state index contributed by atoms with van der Waals surface area (Å²) >= 11 is 0. The lowest BCUT2D eigenvalue weighted by Gasteiger charge is -2.29. The molecular formula is C21H28N2O5. The normalized spacial score (nSPS) is 17.3. The number of allylic oxidation sites excluding steroid dienone is 1. The van der Waals surface area contributed by atoms with E-state index in [-0.39, 0.29) is 24.8 Å². The predicted molar refractivity (Wildman–Crippen MR) is 106 cm³/mol. The molecule has 1 aromatic rings. The van der Waals surface area contributed by atoms with E-state index in [9.17, 15) is 19.2 Å². The Morgan fingerprint density at radius 2 is 1.93 bits per heavy atom. The highest BCUT2D eigenvalue weighted by Gasteiger charge is 2.39. The molecule has 7 nitrogen and oxygen atoms in total. The molecule has 1 aromatic carbocycles. The fourth-order valence-electron chi connectivity index (χ4n) is 2.77. The van der Waals surface area contributed by atoms with Crippen LogP contribution in [0.5, 0.6) is 5.75 Å². The molecule has 0 aromatic heterocycles. The molecule has 0 bridgehead atoms. The van der Waals surface area contributed by atoms with Crippen LogP contribution in [0, 0.1) is 0 Å². The highest BCUT2D eigenvalue weighted by molar-refractivity contribution is 6.05. The van der Waals surface area contributed by atoms with Gasteiger partial charge in [0.1, 0.15) is 18.4 Å². The molecule has 3 amide bonds. The quantitative estimate of drug-likeness (QED) is 0.486. The van der Waals surface area contributed by atoms with Gasteiger partial charge in [-0.25, -0.2) is 0 Å². The van der Waals surface area contributed by atoms with E-state index >= 15 is 0 Å². The van der Waals surface area contributed by atoms with Gasteiger partial charge in [-0.3, -0.25) is 24.5 Å². The number of piperidine rings is 1. The first-order chi connectivity index (χ1) is 13.4. The zero-order valence-electron chi connectivity index (χ0n) is 16.7. The minimum absolute atomic E-state index is 0.0520. The van der Waals surface area contributed by atoms with Gasteiger partial charge in [0, 0.05) is 18.5 Å². The third-order valence-electron chi connectivity index (χ3n) is 3.81. The summed E-state index contributed by atoms with van der Waals surface area (Å²) in [5, 5.41) is 2.26. The first kappa shape index (κ1) is 23.1. The van der Waals surface area contributed by atoms with Crippen molar-refractivity contribution < 1.29 is 23.9 Å². The van der Waals surface area contributed by atoms with Crippen molar-refractivity contribution in [2.24, 2.45) is 0 Å². The first-order valence-electron chi connectivity index (χ1n) is 9.34. The Morgan fingerprint density at radius 1 is 1.29 bits per heavy atom. The van der Waals surface area contributed by atoms with E-state index in [2.05, 4.69) is 25.7 Å². The Labute approximate surface area is 165 Å². The Kier molecular flexibility index (Phi) is 9.64. The van der Waals surface area contributed by atoms with Crippen LogP contribution < -0.4 is 10.1 Å². The summed E-state index contributed by atoms with van der Waals surface area (Å²) in [6, 6.07) is 4.32. The lowest BCUT2D eigenvalue weighted by molar-refractivity contribution is -0.136. The van der Waals surface area contributed by atoms with E-state index in [1.165, 1.54) is 11.3 Å². The molecule has 28 heavy (non-hydrogen) atoms. The molecule has 0 radical (unpaired) electrons. The number of fused-ring (bicyclic) bond motifs is 1. The SMILES string of the molecule is C=CC.CCC.O=CCOc1ccc2c(c1)CN(C1CCC(=O)NC1=O)C2=O. The first-order valence-corrected chi connectivity index (χ1v) is 9.34. The third-order valence-corrected chi connectivity index (χ3v) is 3.81. The third kappa shape index (κ3) is 6.04. The number of hydrogen-bond donors (Lipinski definition) is 1. The number of nitrogens with one attached hydrogen (secondary N) is 1. The van der Waals surface area contributed by atoms with E-state index in [0.29, 0.717) is 30.6 Å². The van der Waals surface area contributed by atoms with Gasteiger partial charge in [-0.2, -0.15) is 0 Å². The van der Waals surface area contributed by atoms with Crippen LogP contribution in [0.3, 0.4) is 0 Å². The molecule has 1 fully saturated rings. The second-order valence-electron chi connectivity index (χ2n) is 6.31. The van der Waals surface area contributed by atoms with Gasteiger partial charge in [-0.05, 0) is 37.1 Å². The van der Waals surface area contributed by atoms with Crippen LogP contribution in [0.2, 0.25) is 0 Å². The second-order valence-corrected chi connectivity index (χ2v) is 6.31. The maximum absolute atomic E-state index is 12.4. The van der Waals surface area contributed by atoms with E-state index in [1.54, 1.807) is 24.3 Å². The molecule has 2 aliphatic rings. The van der Waals surface area contributed by atoms with Crippen LogP contribution in [-0.4, -0.2) is 41.6 Å². The summed E-state index contributed by atoms with van der Waals surface area (Å²) in [5.41, 5.74) is 1.27. The number of aldehydes is 1. The van der Waals surface area contributed by atoms with Crippen LogP contribution in [-0.2, 0) is 20.9 Å². The van der Waals surface area contributed by atoms with Crippen LogP contribution in [0.15, 0.2) is 30.9 Å². The minimum atomic E-state index is -0.628. The van der Waals surface area contributed by atoms with Crippen LogP contribution in [0.1, 0.15) is 56.0 Å². The Bertz CT molecular complexity index is 730. The number of hydrogen-bond acceptors (Lipinski definition) is 5. The van der Waals surface area contributed by atoms with E-state index < -0.39 is 11.9 Å². The van der Waals surface area contributed by atoms with Gasteiger partial charge in [-0.15, -0.1) is 6.58 Å². The fraction of sp³-hybridized carbons (Fsp3) is 0.429. The second kappa shape index (κ2) is 11.7. The van der Waals surface area contributed by atoms with E-state index in [0.717, 1.165) is 5.56 Å². The Morgan fingerprint density at radius 3 is 2.50 bits per heavy atom. The van der Waals surface area contributed by atoms with Crippen molar-refractivity contribution in [3.8, 4) is 5.75 Å². The largest absolute Gasteiger partial charge is 0.486 e. The van der Waals surface area contributed by atoms with Crippen LogP contribution >= 0.6 is 0 Å². The van der Waals surface area contributed by atoms with Crippen molar-refractivity contribution in [1.82, 2.24) is 10.2 Å². The van der Waals surface area contributed by atoms with Crippen molar-refractivity contribution in [3.63, 3.8) is 0 Å². The molecular weight excluding hydrogens is 360 g/mol. The van der Waals surface area contributed by atoms with Crippen molar-refractivity contribution >= 4 is 24.0 Å². The molecule has 0 aliphatic carbocycles. The van der Waals surface area contributed by atoms with Gasteiger partial charge in [0.15, 0.2) is 6.29 Å². The number of imide groups is 1. The number of carbonyl (C=O) groups excluding carboxylic acids is 4. The number of carbonyl (C=O) groups is 4. The van der Waals surface area contributed by atoms with Gasteiger partial charge in [0.05, 0.1) is 0 Å². The molecule has 3 rings (SSSR count). The van der Waals surface area contributed by atoms with Gasteiger partial charge >= 0.3 is 0 Å². The zero-order valence-corrected chi connectivity index (χ0v) is 16.7. The average Bonchev–Trinajstić information content (AvgIpc) is 2.97. The molecule has 1 saturated heterocycles. The number of rotatable bonds is 4. The lowest BCUT2D eigenvalue weighted by Crippen LogP contribution is -2.52. The predicted octanol–water partition coefficient (Wildman–Crippen LogP) is 2.63. The smallest absolute Gasteiger partial charge is 0.255 e. The average molecular weight is 388 g/mol. The van der Waals surface area contributed by atoms with Crippen LogP contribution in [0.4, 0.5) is 0 Å². The van der Waals surface area contributed by atoms with Crippen molar-refractivity contribution in [2.45, 2.75) is 52.6 Å². The molecule has 2 aliphatic heterocycles. The van der Waals surface area contributed by atoms with Gasteiger partial charge in [-0.1, -0.05) is 26.3 Å². The van der Waals surface area contributed by atoms with Gasteiger partial charge in [0.25, 0.3) is 5.91 Å². The van der Waals surface area contributed by atoms with E-state index in [1.807, 2.05) is 6.92 Å². The van der Waals surface area contributed by atoms with Crippen molar-refractivity contribution in [2.75, 3.05) is 6.61 Å². The molecule has 0 spiro atoms. The summed E-state index contributed by atoms with van der Waals surface area (Å²) in [7, 11) is 0. The number of nitrogens with zero attached hydrogens (tertiary/aromatic N) is 1. The fourth-order valence-corrected chi connectivity index (χ4v) is 2.77. The Hall–Kier alpha value is -2.96. The maximum Gasteiger partial charge on any atom is 0.255 e. The number of ether oxygens (including phenoxy) is 1. The van der Waals surface area contributed by atoms with Gasteiger partial charge < -0.3 is 9.64 Å². The minimum Gasteiger partial charge on any atom is -0.486 e. The van der Waals surface area contributed by atoms with E-state index in [4.69, 9.17) is 4.74 Å². The molecule has 1 atom stereocenters. The monoisotopic (exact) mass is 388 g/mol. The van der Waals surface area contributed by atoms with Crippen molar-refractivity contribution in [1.29, 1.82) is 0 Å². The summed E-state index contributed by atoms with van der Waals surface area (Å²) < 4.78 is 5.21. The summed E-state index contributed by atoms with van der Waals surface area (Å²) in [6.45, 7) is 9.74. The molecule has 1 N–H and O–H groups in total. The molecule has 152 valence electrons. The summed E-state index contributed by atoms with van der Waals surface area (Å²) in [5.74, 6) is -0.472. The van der Waals surface area contributed by atoms with Gasteiger partial charge in [0.2, 0.25) is 11.8 Å². The highest BCUT2D eigenvalue weighted by atomic mass is 16.5. The molecule has 7 heteroatoms. The van der Waals surface area contributed by atoms with Crippen LogP contribution in [0.25, 0.3) is 0 Å². The lowest BCUT2D eigenvalue weighted by atomic mass is 10.0. The maximum atomic E-state index is 12.4. The summed E-state index contributed by atoms with van der Waals surface area (Å²) in [4.78, 5) is 47.3. The topological polar surface area (TPSA) is 92.8 Å². The standard InChI is InChI=1S/C15H14N2O5.C3H8.C3H6/c18-5-6-22-10-1-2-11-9(7-10)8-17(15(11)21)12-3-4-13(19)16-14(12)20;2*1-3-2/h1-2,5,7,12H,3-4,6,8H2,(H,16,19,20);3H2,1-2H3;3H,1H2,2H3.